The molecule has 1 aliphatic rings. The molecular formula is C13H18N2O3. The number of methoxy groups -OCH3 is 2. The molecule has 1 aromatic carbocycles. The van der Waals surface area contributed by atoms with E-state index in [-0.39, 0.29) is 5.91 Å². The Morgan fingerprint density at radius 1 is 1.28 bits per heavy atom. The molecule has 5 nitrogen and oxygen atoms in total. The minimum atomic E-state index is 0.0411. The third kappa shape index (κ3) is 2.13. The lowest BCUT2D eigenvalue weighted by Gasteiger charge is -2.14. The second-order valence-corrected chi connectivity index (χ2v) is 4.23. The maximum atomic E-state index is 12.2. The molecule has 0 saturated heterocycles. The number of amides is 1. The molecule has 5 heteroatoms. The number of carbonyl (C=O) groups excluding carboxylic acids is 1. The van der Waals surface area contributed by atoms with Crippen molar-refractivity contribution in [3.8, 4) is 11.5 Å². The summed E-state index contributed by atoms with van der Waals surface area (Å²) in [7, 11) is 3.16. The van der Waals surface area contributed by atoms with Gasteiger partial charge in [0.2, 0.25) is 0 Å². The maximum absolute atomic E-state index is 12.2. The van der Waals surface area contributed by atoms with Crippen LogP contribution in [0.25, 0.3) is 0 Å². The van der Waals surface area contributed by atoms with Crippen molar-refractivity contribution in [1.29, 1.82) is 0 Å². The van der Waals surface area contributed by atoms with Gasteiger partial charge in [-0.25, -0.2) is 0 Å². The van der Waals surface area contributed by atoms with E-state index in [2.05, 4.69) is 0 Å². The van der Waals surface area contributed by atoms with Crippen LogP contribution in [0.2, 0.25) is 0 Å². The zero-order valence-corrected chi connectivity index (χ0v) is 10.7. The van der Waals surface area contributed by atoms with Gasteiger partial charge in [0, 0.05) is 18.7 Å². The van der Waals surface area contributed by atoms with E-state index in [1.165, 1.54) is 0 Å². The molecule has 18 heavy (non-hydrogen) atoms. The fraction of sp³-hybridized carbons (Fsp3) is 0.462. The van der Waals surface area contributed by atoms with Gasteiger partial charge in [-0.1, -0.05) is 0 Å². The van der Waals surface area contributed by atoms with E-state index in [0.29, 0.717) is 36.7 Å². The van der Waals surface area contributed by atoms with E-state index in [0.717, 1.165) is 12.0 Å². The van der Waals surface area contributed by atoms with Gasteiger partial charge in [0.1, 0.15) is 0 Å². The first-order valence-electron chi connectivity index (χ1n) is 5.95. The topological polar surface area (TPSA) is 64.8 Å². The molecule has 1 amide bonds. The highest BCUT2D eigenvalue weighted by Gasteiger charge is 2.28. The number of carbonyl (C=O) groups is 1. The van der Waals surface area contributed by atoms with Crippen LogP contribution < -0.4 is 15.2 Å². The van der Waals surface area contributed by atoms with E-state index >= 15 is 0 Å². The average molecular weight is 250 g/mol. The molecule has 0 unspecified atom stereocenters. The Hall–Kier alpha value is -1.75. The van der Waals surface area contributed by atoms with Crippen LogP contribution in [0.15, 0.2) is 12.1 Å². The zero-order valence-electron chi connectivity index (χ0n) is 10.7. The van der Waals surface area contributed by atoms with Gasteiger partial charge in [0.15, 0.2) is 11.5 Å². The summed E-state index contributed by atoms with van der Waals surface area (Å²) in [6.07, 6.45) is 0.813. The fourth-order valence-electron chi connectivity index (χ4n) is 2.16. The number of nitrogens with two attached hydrogens (primary N) is 1. The molecule has 0 aliphatic carbocycles. The number of nitrogens with zero attached hydrogens (tertiary/aromatic N) is 1. The quantitative estimate of drug-likeness (QED) is 0.847. The summed E-state index contributed by atoms with van der Waals surface area (Å²) in [6, 6.07) is 3.62. The Balaban J connectivity index is 2.28. The second-order valence-electron chi connectivity index (χ2n) is 4.23. The van der Waals surface area contributed by atoms with E-state index in [9.17, 15) is 4.79 Å². The lowest BCUT2D eigenvalue weighted by molar-refractivity contribution is 0.0777. The molecule has 0 fully saturated rings. The zero-order chi connectivity index (χ0) is 13.1. The van der Waals surface area contributed by atoms with Crippen LogP contribution in [0, 0.1) is 0 Å². The molecule has 2 rings (SSSR count). The Bertz CT molecular complexity index is 460. The van der Waals surface area contributed by atoms with Crippen LogP contribution in [0.1, 0.15) is 22.3 Å². The van der Waals surface area contributed by atoms with Crippen molar-refractivity contribution in [3.63, 3.8) is 0 Å². The normalized spacial score (nSPS) is 13.7. The summed E-state index contributed by atoms with van der Waals surface area (Å²) in [4.78, 5) is 14.0. The first-order valence-corrected chi connectivity index (χ1v) is 5.95. The Labute approximate surface area is 106 Å². The monoisotopic (exact) mass is 250 g/mol. The summed E-state index contributed by atoms with van der Waals surface area (Å²) >= 11 is 0. The van der Waals surface area contributed by atoms with E-state index < -0.39 is 0 Å². The summed E-state index contributed by atoms with van der Waals surface area (Å²) in [6.45, 7) is 1.90. The van der Waals surface area contributed by atoms with Crippen LogP contribution in [0.4, 0.5) is 0 Å². The van der Waals surface area contributed by atoms with Crippen molar-refractivity contribution in [2.45, 2.75) is 13.0 Å². The molecule has 1 aromatic rings. The number of ether oxygens (including phenoxy) is 2. The number of rotatable bonds is 5. The number of hydrogen-bond donors (Lipinski definition) is 1. The summed E-state index contributed by atoms with van der Waals surface area (Å²) < 4.78 is 10.4. The molecule has 1 aliphatic heterocycles. The van der Waals surface area contributed by atoms with Gasteiger partial charge in [-0.15, -0.1) is 0 Å². The predicted molar refractivity (Wildman–Crippen MR) is 68.0 cm³/mol. The molecule has 2 N–H and O–H groups in total. The first-order chi connectivity index (χ1) is 8.71. The summed E-state index contributed by atoms with van der Waals surface area (Å²) in [5.41, 5.74) is 7.15. The van der Waals surface area contributed by atoms with Crippen LogP contribution in [0.3, 0.4) is 0 Å². The lowest BCUT2D eigenvalue weighted by Crippen LogP contribution is -2.26. The smallest absolute Gasteiger partial charge is 0.254 e. The third-order valence-electron chi connectivity index (χ3n) is 3.12. The van der Waals surface area contributed by atoms with E-state index in [1.54, 1.807) is 25.2 Å². The van der Waals surface area contributed by atoms with Gasteiger partial charge >= 0.3 is 0 Å². The Kier molecular flexibility index (Phi) is 3.72. The van der Waals surface area contributed by atoms with Crippen molar-refractivity contribution < 1.29 is 14.3 Å². The Morgan fingerprint density at radius 3 is 2.56 bits per heavy atom. The van der Waals surface area contributed by atoms with Crippen LogP contribution in [-0.2, 0) is 6.54 Å². The van der Waals surface area contributed by atoms with Crippen molar-refractivity contribution in [2.75, 3.05) is 27.3 Å². The molecule has 1 heterocycles. The third-order valence-corrected chi connectivity index (χ3v) is 3.12. The van der Waals surface area contributed by atoms with Crippen LogP contribution in [0.5, 0.6) is 11.5 Å². The van der Waals surface area contributed by atoms with E-state index in [1.807, 2.05) is 6.07 Å². The van der Waals surface area contributed by atoms with Gasteiger partial charge in [0.05, 0.1) is 14.2 Å². The molecule has 0 saturated carbocycles. The second kappa shape index (κ2) is 5.27. The standard InChI is InChI=1S/C13H18N2O3/c1-17-11-6-9-8-15(5-3-4-14)13(16)10(9)7-12(11)18-2/h6-7H,3-5,8,14H2,1-2H3. The highest BCUT2D eigenvalue weighted by atomic mass is 16.5. The molecule has 0 atom stereocenters. The molecule has 0 aromatic heterocycles. The average Bonchev–Trinajstić information content (AvgIpc) is 2.71. The lowest BCUT2D eigenvalue weighted by atomic mass is 10.1. The van der Waals surface area contributed by atoms with Crippen LogP contribution in [-0.4, -0.2) is 38.1 Å². The van der Waals surface area contributed by atoms with Crippen molar-refractivity contribution >= 4 is 5.91 Å². The number of hydrogen-bond acceptors (Lipinski definition) is 4. The summed E-state index contributed by atoms with van der Waals surface area (Å²) in [5.74, 6) is 1.29. The van der Waals surface area contributed by atoms with Crippen LogP contribution >= 0.6 is 0 Å². The SMILES string of the molecule is COc1cc2c(cc1OC)C(=O)N(CCCN)C2. The number of fused-ring (bicyclic) bond motifs is 1. The van der Waals surface area contributed by atoms with Gasteiger partial charge in [-0.3, -0.25) is 4.79 Å². The molecular weight excluding hydrogens is 232 g/mol. The largest absolute Gasteiger partial charge is 0.493 e. The molecule has 0 radical (unpaired) electrons. The Morgan fingerprint density at radius 2 is 1.94 bits per heavy atom. The highest BCUT2D eigenvalue weighted by molar-refractivity contribution is 5.99. The molecule has 0 spiro atoms. The van der Waals surface area contributed by atoms with Gasteiger partial charge in [0.25, 0.3) is 5.91 Å². The van der Waals surface area contributed by atoms with Gasteiger partial charge in [-0.05, 0) is 30.7 Å². The number of benzene rings is 1. The minimum Gasteiger partial charge on any atom is -0.493 e. The first kappa shape index (κ1) is 12.7. The molecule has 0 bridgehead atoms. The van der Waals surface area contributed by atoms with Crippen molar-refractivity contribution in [3.05, 3.63) is 23.3 Å². The fourth-order valence-corrected chi connectivity index (χ4v) is 2.16. The van der Waals surface area contributed by atoms with E-state index in [4.69, 9.17) is 15.2 Å². The van der Waals surface area contributed by atoms with Crippen molar-refractivity contribution in [2.24, 2.45) is 5.73 Å². The maximum Gasteiger partial charge on any atom is 0.254 e. The van der Waals surface area contributed by atoms with Gasteiger partial charge in [-0.2, -0.15) is 0 Å². The highest BCUT2D eigenvalue weighted by Crippen LogP contribution is 2.34. The van der Waals surface area contributed by atoms with Crippen molar-refractivity contribution in [1.82, 2.24) is 4.90 Å². The predicted octanol–water partition coefficient (Wildman–Crippen LogP) is 1.01. The minimum absolute atomic E-state index is 0.0411. The summed E-state index contributed by atoms with van der Waals surface area (Å²) in [5, 5.41) is 0. The van der Waals surface area contributed by atoms with Gasteiger partial charge < -0.3 is 20.1 Å². The molecule has 98 valence electrons.